The van der Waals surface area contributed by atoms with Gasteiger partial charge in [-0.15, -0.1) is 0 Å². The predicted octanol–water partition coefficient (Wildman–Crippen LogP) is 1.54. The topological polar surface area (TPSA) is 69.9 Å². The number of alkyl halides is 2. The molecule has 0 spiro atoms. The summed E-state index contributed by atoms with van der Waals surface area (Å²) in [6, 6.07) is 11.1. The van der Waals surface area contributed by atoms with Crippen molar-refractivity contribution in [3.05, 3.63) is 70.8 Å². The largest absolute Gasteiger partial charge is 0.457 e. The first-order valence-corrected chi connectivity index (χ1v) is 8.60. The first kappa shape index (κ1) is 20.1. The Morgan fingerprint density at radius 2 is 1.71 bits per heavy atom. The fourth-order valence-corrected chi connectivity index (χ4v) is 2.42. The Morgan fingerprint density at radius 3 is 2.32 bits per heavy atom. The van der Waals surface area contributed by atoms with Gasteiger partial charge in [-0.2, -0.15) is 13.9 Å². The zero-order valence-electron chi connectivity index (χ0n) is 14.5. The Kier molecular flexibility index (Phi) is 5.61. The summed E-state index contributed by atoms with van der Waals surface area (Å²) in [7, 11) is 13.7. The Balaban J connectivity index is 1.90. The molecule has 0 aliphatic rings. The maximum atomic E-state index is 12.8. The highest BCUT2D eigenvalue weighted by atomic mass is 31.0. The Hall–Kier alpha value is -2.60. The van der Waals surface area contributed by atoms with Crippen LogP contribution in [0.15, 0.2) is 59.7 Å². The summed E-state index contributed by atoms with van der Waals surface area (Å²) in [5, 5.41) is 2.54. The van der Waals surface area contributed by atoms with Crippen LogP contribution in [0.2, 0.25) is 0 Å². The van der Waals surface area contributed by atoms with E-state index in [-0.39, 0.29) is 6.01 Å². The third kappa shape index (κ3) is 4.62. The number of hydrogen-bond donors (Lipinski definition) is 0. The van der Waals surface area contributed by atoms with Crippen LogP contribution < -0.4 is 10.3 Å². The fraction of sp³-hybridized carbons (Fsp3) is 0.176. The lowest BCUT2D eigenvalue weighted by Crippen LogP contribution is -2.44. The molecule has 28 heavy (non-hydrogen) atoms. The van der Waals surface area contributed by atoms with Gasteiger partial charge in [-0.3, -0.25) is 4.79 Å². The second kappa shape index (κ2) is 7.80. The summed E-state index contributed by atoms with van der Waals surface area (Å²) in [5.41, 5.74) is -2.36. The average molecular weight is 396 g/mol. The van der Waals surface area contributed by atoms with Crippen LogP contribution >= 0.6 is 9.24 Å². The molecule has 2 heterocycles. The number of rotatable bonds is 6. The van der Waals surface area contributed by atoms with E-state index in [2.05, 4.69) is 15.1 Å². The van der Waals surface area contributed by atoms with Crippen molar-refractivity contribution in [2.24, 2.45) is 0 Å². The van der Waals surface area contributed by atoms with E-state index >= 15 is 0 Å². The molecular weight excluding hydrogens is 383 g/mol. The lowest BCUT2D eigenvalue weighted by Gasteiger charge is -2.28. The fourth-order valence-electron chi connectivity index (χ4n) is 2.34. The molecular formula is C17H13B2F2N4O2P. The predicted molar refractivity (Wildman–Crippen MR) is 105 cm³/mol. The molecule has 11 heteroatoms. The maximum absolute atomic E-state index is 12.8. The molecule has 2 aromatic heterocycles. The third-order valence-corrected chi connectivity index (χ3v) is 3.87. The Labute approximate surface area is 164 Å². The van der Waals surface area contributed by atoms with Crippen molar-refractivity contribution in [3.8, 4) is 17.3 Å². The number of benzene rings is 1. The van der Waals surface area contributed by atoms with Crippen LogP contribution in [-0.2, 0) is 5.34 Å². The normalized spacial score (nSPS) is 12.0. The average Bonchev–Trinajstić information content (AvgIpc) is 2.67. The molecule has 4 radical (unpaired) electrons. The van der Waals surface area contributed by atoms with Crippen LogP contribution in [0.25, 0.3) is 11.3 Å². The van der Waals surface area contributed by atoms with Crippen molar-refractivity contribution in [2.45, 2.75) is 11.0 Å². The molecule has 0 saturated heterocycles. The lowest BCUT2D eigenvalue weighted by molar-refractivity contribution is 0.0422. The van der Waals surface area contributed by atoms with E-state index in [1.54, 1.807) is 30.3 Å². The molecule has 3 rings (SSSR count). The summed E-state index contributed by atoms with van der Waals surface area (Å²) in [6.07, 6.45) is 2.66. The highest BCUT2D eigenvalue weighted by Crippen LogP contribution is 2.23. The van der Waals surface area contributed by atoms with Crippen LogP contribution in [0.4, 0.5) is 8.78 Å². The number of hydrogen-bond acceptors (Lipinski definition) is 5. The molecule has 3 aromatic rings. The van der Waals surface area contributed by atoms with Gasteiger partial charge in [0.2, 0.25) is 0 Å². The molecule has 0 aliphatic carbocycles. The van der Waals surface area contributed by atoms with Gasteiger partial charge in [0.1, 0.15) is 0 Å². The molecule has 6 nitrogen and oxygen atoms in total. The quantitative estimate of drug-likeness (QED) is 0.467. The van der Waals surface area contributed by atoms with E-state index in [1.807, 2.05) is 0 Å². The zero-order valence-corrected chi connectivity index (χ0v) is 15.7. The molecule has 0 amide bonds. The highest BCUT2D eigenvalue weighted by molar-refractivity contribution is 7.18. The zero-order chi connectivity index (χ0) is 20.4. The van der Waals surface area contributed by atoms with Gasteiger partial charge in [0, 0.05) is 29.4 Å². The maximum Gasteiger partial charge on any atom is 0.316 e. The molecule has 1 unspecified atom stereocenters. The molecule has 0 saturated carbocycles. The highest BCUT2D eigenvalue weighted by Gasteiger charge is 2.25. The van der Waals surface area contributed by atoms with Crippen molar-refractivity contribution in [2.75, 3.05) is 6.61 Å². The minimum Gasteiger partial charge on any atom is -0.457 e. The first-order valence-electron chi connectivity index (χ1n) is 8.03. The Bertz CT molecular complexity index is 1010. The van der Waals surface area contributed by atoms with E-state index in [0.29, 0.717) is 16.8 Å². The van der Waals surface area contributed by atoms with Crippen LogP contribution in [0.1, 0.15) is 5.56 Å². The van der Waals surface area contributed by atoms with Gasteiger partial charge in [-0.1, -0.05) is 39.6 Å². The van der Waals surface area contributed by atoms with E-state index in [1.165, 1.54) is 33.8 Å². The number of nitrogens with zero attached hydrogens (tertiary/aromatic N) is 4. The molecule has 138 valence electrons. The molecule has 1 aromatic carbocycles. The van der Waals surface area contributed by atoms with Gasteiger partial charge < -0.3 is 4.74 Å². The Morgan fingerprint density at radius 1 is 1.07 bits per heavy atom. The van der Waals surface area contributed by atoms with E-state index in [0.717, 1.165) is 4.68 Å². The number of ether oxygens (including phenoxy) is 1. The van der Waals surface area contributed by atoms with Gasteiger partial charge in [-0.25, -0.2) is 14.6 Å². The van der Waals surface area contributed by atoms with Crippen LogP contribution in [0.5, 0.6) is 6.01 Å². The summed E-state index contributed by atoms with van der Waals surface area (Å²) >= 11 is 0. The summed E-state index contributed by atoms with van der Waals surface area (Å²) in [5.74, 6) is 0. The molecule has 0 aliphatic heterocycles. The van der Waals surface area contributed by atoms with Crippen LogP contribution in [0.3, 0.4) is 0 Å². The van der Waals surface area contributed by atoms with E-state index in [4.69, 9.17) is 20.4 Å². The molecule has 1 atom stereocenters. The van der Waals surface area contributed by atoms with Gasteiger partial charge in [0.05, 0.1) is 21.4 Å². The summed E-state index contributed by atoms with van der Waals surface area (Å²) in [4.78, 5) is 20.0. The van der Waals surface area contributed by atoms with Crippen LogP contribution in [0, 0.1) is 0 Å². The molecule has 0 fully saturated rings. The molecule has 0 bridgehead atoms. The van der Waals surface area contributed by atoms with Gasteiger partial charge in [0.25, 0.3) is 11.2 Å². The minimum absolute atomic E-state index is 0.213. The standard InChI is InChI=1S/C17H13B2F2N4O2P/c18-17(19,12-4-2-1-3-5-12)25-14(26)7-6-13(24-25)11-8-22-15(23-9-11)27-10-16(20,21)28/h1-9H,10,28H2. The second-order valence-electron chi connectivity index (χ2n) is 5.96. The minimum atomic E-state index is -3.08. The van der Waals surface area contributed by atoms with Gasteiger partial charge in [0.15, 0.2) is 6.61 Å². The lowest BCUT2D eigenvalue weighted by atomic mass is 9.58. The van der Waals surface area contributed by atoms with E-state index < -0.39 is 23.2 Å². The smallest absolute Gasteiger partial charge is 0.316 e. The van der Waals surface area contributed by atoms with Crippen molar-refractivity contribution in [3.63, 3.8) is 0 Å². The van der Waals surface area contributed by atoms with Crippen molar-refractivity contribution in [1.29, 1.82) is 0 Å². The second-order valence-corrected chi connectivity index (χ2v) is 6.81. The van der Waals surface area contributed by atoms with Crippen LogP contribution in [-0.4, -0.2) is 47.7 Å². The van der Waals surface area contributed by atoms with Crippen molar-refractivity contribution in [1.82, 2.24) is 19.7 Å². The van der Waals surface area contributed by atoms with E-state index in [9.17, 15) is 13.6 Å². The first-order chi connectivity index (χ1) is 13.2. The van der Waals surface area contributed by atoms with Crippen molar-refractivity contribution >= 4 is 24.9 Å². The number of halogens is 2. The summed E-state index contributed by atoms with van der Waals surface area (Å²) in [6.45, 7) is -0.875. The molecule has 0 N–H and O–H groups in total. The van der Waals surface area contributed by atoms with Crippen molar-refractivity contribution < 1.29 is 13.5 Å². The third-order valence-electron chi connectivity index (χ3n) is 3.70. The van der Waals surface area contributed by atoms with Gasteiger partial charge >= 0.3 is 6.01 Å². The monoisotopic (exact) mass is 396 g/mol. The summed E-state index contributed by atoms with van der Waals surface area (Å²) < 4.78 is 31.4. The SMILES string of the molecule is [B]C([B])(c1ccccc1)n1nc(-c2cnc(OCC(F)(F)P)nc2)ccc1=O. The van der Waals surface area contributed by atoms with Gasteiger partial charge in [-0.05, 0) is 11.6 Å². The number of aromatic nitrogens is 4.